The van der Waals surface area contributed by atoms with E-state index in [1.165, 1.54) is 11.1 Å². The third-order valence-electron chi connectivity index (χ3n) is 4.36. The third kappa shape index (κ3) is 5.19. The molecule has 2 atom stereocenters. The van der Waals surface area contributed by atoms with Gasteiger partial charge in [0.25, 0.3) is 0 Å². The van der Waals surface area contributed by atoms with Crippen molar-refractivity contribution in [1.29, 1.82) is 0 Å². The van der Waals surface area contributed by atoms with Crippen molar-refractivity contribution in [2.45, 2.75) is 32.8 Å². The molecule has 1 aromatic carbocycles. The van der Waals surface area contributed by atoms with E-state index >= 15 is 0 Å². The minimum Gasteiger partial charge on any atom is -0.481 e. The Morgan fingerprint density at radius 3 is 2.61 bits per heavy atom. The Morgan fingerprint density at radius 1 is 1.35 bits per heavy atom. The van der Waals surface area contributed by atoms with Gasteiger partial charge in [0.2, 0.25) is 0 Å². The number of carboxylic acids is 1. The van der Waals surface area contributed by atoms with Crippen LogP contribution >= 0.6 is 0 Å². The van der Waals surface area contributed by atoms with E-state index in [0.717, 1.165) is 13.0 Å². The van der Waals surface area contributed by atoms with Crippen LogP contribution in [0.5, 0.6) is 0 Å². The number of carboxylic acid groups (broad SMARTS) is 1. The Morgan fingerprint density at radius 2 is 2.04 bits per heavy atom. The second-order valence-electron chi connectivity index (χ2n) is 6.76. The number of aliphatic carboxylic acids is 1. The van der Waals surface area contributed by atoms with E-state index in [0.29, 0.717) is 25.4 Å². The van der Waals surface area contributed by atoms with Gasteiger partial charge in [-0.15, -0.1) is 0 Å². The summed E-state index contributed by atoms with van der Waals surface area (Å²) in [5, 5.41) is 19.2. The molecule has 1 heterocycles. The molecule has 23 heavy (non-hydrogen) atoms. The predicted octanol–water partition coefficient (Wildman–Crippen LogP) is 2.88. The fraction of sp³-hybridized carbons (Fsp3) is 0.526. The van der Waals surface area contributed by atoms with Gasteiger partial charge < -0.3 is 10.2 Å². The minimum absolute atomic E-state index is 0.419. The van der Waals surface area contributed by atoms with Gasteiger partial charge in [0.05, 0.1) is 12.0 Å². The number of aliphatic hydroxyl groups is 1. The average molecular weight is 317 g/mol. The molecule has 1 aliphatic rings. The predicted molar refractivity (Wildman–Crippen MR) is 92.1 cm³/mol. The van der Waals surface area contributed by atoms with E-state index in [1.54, 1.807) is 0 Å². The molecule has 0 unspecified atom stereocenters. The van der Waals surface area contributed by atoms with E-state index in [2.05, 4.69) is 37.0 Å². The minimum atomic E-state index is -0.893. The molecule has 2 N–H and O–H groups in total. The Bertz CT molecular complexity index is 539. The molecule has 0 amide bonds. The van der Waals surface area contributed by atoms with Crippen LogP contribution in [0.15, 0.2) is 36.4 Å². The highest BCUT2D eigenvalue weighted by atomic mass is 16.4. The van der Waals surface area contributed by atoms with Crippen molar-refractivity contribution in [3.05, 3.63) is 42.0 Å². The highest BCUT2D eigenvalue weighted by Crippen LogP contribution is 2.23. The van der Waals surface area contributed by atoms with E-state index in [9.17, 15) is 9.90 Å². The zero-order chi connectivity index (χ0) is 16.8. The number of aliphatic hydroxyl groups excluding tert-OH is 1. The lowest BCUT2D eigenvalue weighted by atomic mass is 9.93. The number of hydrogen-bond donors (Lipinski definition) is 2. The second-order valence-corrected chi connectivity index (χ2v) is 6.76. The van der Waals surface area contributed by atoms with Gasteiger partial charge in [0.1, 0.15) is 0 Å². The lowest BCUT2D eigenvalue weighted by Gasteiger charge is -2.34. The first-order chi connectivity index (χ1) is 11.0. The molecular weight excluding hydrogens is 290 g/mol. The zero-order valence-corrected chi connectivity index (χ0v) is 14.0. The van der Waals surface area contributed by atoms with Crippen LogP contribution in [0, 0.1) is 11.8 Å². The van der Waals surface area contributed by atoms with Gasteiger partial charge in [-0.3, -0.25) is 9.69 Å². The zero-order valence-electron chi connectivity index (χ0n) is 14.0. The number of piperidine rings is 1. The van der Waals surface area contributed by atoms with Gasteiger partial charge >= 0.3 is 5.97 Å². The van der Waals surface area contributed by atoms with Crippen molar-refractivity contribution in [1.82, 2.24) is 4.90 Å². The van der Waals surface area contributed by atoms with E-state index in [-0.39, 0.29) is 0 Å². The number of likely N-dealkylation sites (tertiary alicyclic amines) is 1. The number of benzene rings is 1. The van der Waals surface area contributed by atoms with Crippen molar-refractivity contribution in [2.75, 3.05) is 19.6 Å². The molecule has 0 saturated carbocycles. The third-order valence-corrected chi connectivity index (χ3v) is 4.36. The summed E-state index contributed by atoms with van der Waals surface area (Å²) in [6, 6.07) is 10.3. The van der Waals surface area contributed by atoms with Crippen LogP contribution in [-0.2, 0) is 4.79 Å². The summed E-state index contributed by atoms with van der Waals surface area (Å²) in [6.45, 7) is 6.27. The van der Waals surface area contributed by atoms with Gasteiger partial charge in [-0.2, -0.15) is 0 Å². The van der Waals surface area contributed by atoms with Crippen LogP contribution in [0.25, 0.3) is 5.57 Å². The number of β-amino-alcohol motifs (C(OH)–C–C–N with tert-alkyl or cyclic N) is 1. The lowest BCUT2D eigenvalue weighted by molar-refractivity contribution is -0.148. The summed E-state index contributed by atoms with van der Waals surface area (Å²) in [6.07, 6.45) is 3.00. The monoisotopic (exact) mass is 317 g/mol. The van der Waals surface area contributed by atoms with Crippen molar-refractivity contribution in [2.24, 2.45) is 11.8 Å². The van der Waals surface area contributed by atoms with Crippen LogP contribution in [0.2, 0.25) is 0 Å². The van der Waals surface area contributed by atoms with Crippen LogP contribution in [0.4, 0.5) is 0 Å². The molecule has 1 fully saturated rings. The van der Waals surface area contributed by atoms with Gasteiger partial charge in [0, 0.05) is 13.1 Å². The van der Waals surface area contributed by atoms with E-state index < -0.39 is 18.0 Å². The maximum atomic E-state index is 11.1. The van der Waals surface area contributed by atoms with Crippen molar-refractivity contribution in [3.63, 3.8) is 0 Å². The normalized spacial score (nSPS) is 23.2. The van der Waals surface area contributed by atoms with Crippen LogP contribution in [-0.4, -0.2) is 46.8 Å². The summed E-state index contributed by atoms with van der Waals surface area (Å²) in [5.74, 6) is -0.932. The first kappa shape index (κ1) is 17.7. The quantitative estimate of drug-likeness (QED) is 0.847. The molecule has 0 bridgehead atoms. The first-order valence-corrected chi connectivity index (χ1v) is 8.35. The van der Waals surface area contributed by atoms with Crippen LogP contribution < -0.4 is 0 Å². The highest BCUT2D eigenvalue weighted by Gasteiger charge is 2.32. The number of hydrogen-bond acceptors (Lipinski definition) is 3. The average Bonchev–Trinajstić information content (AvgIpc) is 2.51. The molecule has 0 aliphatic carbocycles. The number of carbonyl (C=O) groups is 1. The number of nitrogens with zero attached hydrogens (tertiary/aromatic N) is 1. The van der Waals surface area contributed by atoms with Gasteiger partial charge in [-0.1, -0.05) is 50.3 Å². The summed E-state index contributed by atoms with van der Waals surface area (Å²) in [5.41, 5.74) is 2.45. The Hall–Kier alpha value is -1.65. The molecule has 0 aromatic heterocycles. The molecule has 126 valence electrons. The summed E-state index contributed by atoms with van der Waals surface area (Å²) in [7, 11) is 0. The smallest absolute Gasteiger partial charge is 0.309 e. The Balaban J connectivity index is 2.07. The standard InChI is InChI=1S/C19H27NO3/c1-14(2)8-9-16(15-6-4-3-5-7-15)12-20-11-10-17(19(22)23)18(21)13-20/h3-7,9,14,17-18,21H,8,10-13H2,1-2H3,(H,22,23)/b16-9+/t17-,18+/m0/s1. The summed E-state index contributed by atoms with van der Waals surface area (Å²) < 4.78 is 0. The molecule has 0 spiro atoms. The largest absolute Gasteiger partial charge is 0.481 e. The van der Waals surface area contributed by atoms with Gasteiger partial charge in [-0.25, -0.2) is 0 Å². The van der Waals surface area contributed by atoms with Crippen molar-refractivity contribution >= 4 is 11.5 Å². The molecule has 1 aliphatic heterocycles. The Kier molecular flexibility index (Phi) is 6.37. The summed E-state index contributed by atoms with van der Waals surface area (Å²) in [4.78, 5) is 13.3. The fourth-order valence-electron chi connectivity index (χ4n) is 2.97. The number of rotatable bonds is 6. The topological polar surface area (TPSA) is 60.8 Å². The maximum absolute atomic E-state index is 11.1. The molecule has 1 saturated heterocycles. The molecule has 1 aromatic rings. The van der Waals surface area contributed by atoms with Crippen LogP contribution in [0.1, 0.15) is 32.3 Å². The fourth-order valence-corrected chi connectivity index (χ4v) is 2.97. The first-order valence-electron chi connectivity index (χ1n) is 8.35. The maximum Gasteiger partial charge on any atom is 0.309 e. The second kappa shape index (κ2) is 8.27. The van der Waals surface area contributed by atoms with Crippen molar-refractivity contribution in [3.8, 4) is 0 Å². The molecule has 4 heteroatoms. The molecular formula is C19H27NO3. The lowest BCUT2D eigenvalue weighted by Crippen LogP contribution is -2.46. The molecule has 4 nitrogen and oxygen atoms in total. The SMILES string of the molecule is CC(C)C/C=C(\CN1CC[C@H](C(=O)O)[C@H](O)C1)c1ccccc1. The van der Waals surface area contributed by atoms with Gasteiger partial charge in [0.15, 0.2) is 0 Å². The van der Waals surface area contributed by atoms with Gasteiger partial charge in [-0.05, 0) is 36.4 Å². The molecule has 2 rings (SSSR count). The van der Waals surface area contributed by atoms with Crippen molar-refractivity contribution < 1.29 is 15.0 Å². The van der Waals surface area contributed by atoms with Crippen LogP contribution in [0.3, 0.4) is 0 Å². The molecule has 0 radical (unpaired) electrons. The summed E-state index contributed by atoms with van der Waals surface area (Å²) >= 11 is 0. The van der Waals surface area contributed by atoms with E-state index in [1.807, 2.05) is 18.2 Å². The van der Waals surface area contributed by atoms with E-state index in [4.69, 9.17) is 5.11 Å². The highest BCUT2D eigenvalue weighted by molar-refractivity contribution is 5.71. The number of allylic oxidation sites excluding steroid dienone is 1. The Labute approximate surface area is 138 Å².